The molecule has 0 aliphatic carbocycles. The van der Waals surface area contributed by atoms with Gasteiger partial charge in [-0.2, -0.15) is 0 Å². The summed E-state index contributed by atoms with van der Waals surface area (Å²) in [7, 11) is 4.71. The minimum absolute atomic E-state index is 0.0455. The fraction of sp³-hybridized carbons (Fsp3) is 0.259. The van der Waals surface area contributed by atoms with Crippen LogP contribution in [0.1, 0.15) is 18.1 Å². The van der Waals surface area contributed by atoms with Crippen molar-refractivity contribution in [1.29, 1.82) is 0 Å². The van der Waals surface area contributed by atoms with Gasteiger partial charge in [0.1, 0.15) is 11.1 Å². The van der Waals surface area contributed by atoms with Gasteiger partial charge >= 0.3 is 23.9 Å². The Kier molecular flexibility index (Phi) is 6.76. The molecule has 2 aliphatic rings. The first kappa shape index (κ1) is 25.5. The van der Waals surface area contributed by atoms with Crippen LogP contribution in [0.25, 0.3) is 0 Å². The van der Waals surface area contributed by atoms with Crippen LogP contribution in [-0.4, -0.2) is 68.4 Å². The smallest absolute Gasteiger partial charge is 0.356 e. The van der Waals surface area contributed by atoms with Crippen molar-refractivity contribution in [2.75, 3.05) is 28.4 Å². The Bertz CT molecular complexity index is 1280. The Morgan fingerprint density at radius 3 is 1.62 bits per heavy atom. The van der Waals surface area contributed by atoms with Crippen molar-refractivity contribution in [2.45, 2.75) is 18.5 Å². The van der Waals surface area contributed by atoms with Gasteiger partial charge in [-0.25, -0.2) is 19.2 Å². The highest BCUT2D eigenvalue weighted by molar-refractivity contribution is 6.06. The third-order valence-electron chi connectivity index (χ3n) is 6.57. The standard InChI is InChI=1S/C27H26N2O8/c1-16-19(23(30)34-2)21(25(32)36-4)28-22(26(33)37-5)20(24(31)35-3)27(29(16)28,17-12-8-6-9-13-17)18-14-10-7-11-15-18/h6-15,21H,1-5H3. The van der Waals surface area contributed by atoms with Crippen LogP contribution in [0.4, 0.5) is 0 Å². The van der Waals surface area contributed by atoms with E-state index in [1.807, 2.05) is 12.1 Å². The summed E-state index contributed by atoms with van der Waals surface area (Å²) in [5.41, 5.74) is -0.525. The van der Waals surface area contributed by atoms with Crippen LogP contribution >= 0.6 is 0 Å². The molecule has 2 aromatic carbocycles. The zero-order chi connectivity index (χ0) is 26.9. The van der Waals surface area contributed by atoms with Crippen LogP contribution in [0.3, 0.4) is 0 Å². The Morgan fingerprint density at radius 1 is 0.703 bits per heavy atom. The van der Waals surface area contributed by atoms with Crippen molar-refractivity contribution in [2.24, 2.45) is 0 Å². The fourth-order valence-electron chi connectivity index (χ4n) is 5.14. The van der Waals surface area contributed by atoms with Crippen LogP contribution in [0.15, 0.2) is 83.2 Å². The Labute approximate surface area is 213 Å². The lowest BCUT2D eigenvalue weighted by Gasteiger charge is -2.43. The number of hydrogen-bond acceptors (Lipinski definition) is 10. The lowest BCUT2D eigenvalue weighted by atomic mass is 9.75. The third kappa shape index (κ3) is 3.55. The number of rotatable bonds is 6. The number of nitrogens with zero attached hydrogens (tertiary/aromatic N) is 2. The van der Waals surface area contributed by atoms with E-state index in [4.69, 9.17) is 18.9 Å². The lowest BCUT2D eigenvalue weighted by molar-refractivity contribution is -0.153. The molecule has 0 saturated heterocycles. The predicted molar refractivity (Wildman–Crippen MR) is 129 cm³/mol. The number of carbonyl (C=O) groups excluding carboxylic acids is 4. The summed E-state index contributed by atoms with van der Waals surface area (Å²) in [5.74, 6) is -3.36. The molecule has 1 unspecified atom stereocenters. The zero-order valence-corrected chi connectivity index (χ0v) is 21.0. The number of carbonyl (C=O) groups is 4. The SMILES string of the molecule is COC(=O)C1=C(C)N2N(C(C(=O)OC)=C(C(=O)OC)C2(c2ccccc2)c2ccccc2)C1C(=O)OC. The molecule has 1 atom stereocenters. The van der Waals surface area contributed by atoms with E-state index in [1.165, 1.54) is 19.2 Å². The maximum absolute atomic E-state index is 13.6. The first-order valence-corrected chi connectivity index (χ1v) is 11.3. The number of esters is 4. The second-order valence-electron chi connectivity index (χ2n) is 8.22. The van der Waals surface area contributed by atoms with Crippen LogP contribution < -0.4 is 0 Å². The van der Waals surface area contributed by atoms with Gasteiger partial charge in [0.2, 0.25) is 0 Å². The largest absolute Gasteiger partial charge is 0.467 e. The molecule has 0 bridgehead atoms. The second kappa shape index (κ2) is 9.81. The van der Waals surface area contributed by atoms with E-state index in [0.717, 1.165) is 14.2 Å². The molecule has 2 heterocycles. The first-order chi connectivity index (χ1) is 17.8. The molecule has 0 amide bonds. The molecule has 192 valence electrons. The van der Waals surface area contributed by atoms with Crippen molar-refractivity contribution in [1.82, 2.24) is 10.0 Å². The molecule has 2 aliphatic heterocycles. The topological polar surface area (TPSA) is 112 Å². The fourth-order valence-corrected chi connectivity index (χ4v) is 5.14. The van der Waals surface area contributed by atoms with Gasteiger partial charge in [-0.3, -0.25) is 10.0 Å². The van der Waals surface area contributed by atoms with Gasteiger partial charge in [-0.1, -0.05) is 60.7 Å². The maximum Gasteiger partial charge on any atom is 0.356 e. The van der Waals surface area contributed by atoms with Gasteiger partial charge in [0.05, 0.1) is 34.0 Å². The lowest BCUT2D eigenvalue weighted by Crippen LogP contribution is -2.52. The number of fused-ring (bicyclic) bond motifs is 1. The number of hydrazine groups is 1. The number of hydrogen-bond donors (Lipinski definition) is 0. The first-order valence-electron chi connectivity index (χ1n) is 11.3. The molecular formula is C27H26N2O8. The minimum atomic E-state index is -1.54. The second-order valence-corrected chi connectivity index (χ2v) is 8.22. The van der Waals surface area contributed by atoms with Crippen LogP contribution in [0, 0.1) is 0 Å². The monoisotopic (exact) mass is 506 g/mol. The summed E-state index contributed by atoms with van der Waals surface area (Å²) in [5, 5.41) is 2.84. The van der Waals surface area contributed by atoms with Gasteiger partial charge < -0.3 is 18.9 Å². The molecule has 0 aromatic heterocycles. The molecule has 0 N–H and O–H groups in total. The Hall–Kier alpha value is -4.60. The Morgan fingerprint density at radius 2 is 1.19 bits per heavy atom. The van der Waals surface area contributed by atoms with Crippen LogP contribution in [-0.2, 0) is 43.7 Å². The molecular weight excluding hydrogens is 480 g/mol. The molecule has 10 heteroatoms. The van der Waals surface area contributed by atoms with Gasteiger partial charge in [-0.05, 0) is 18.1 Å². The molecule has 37 heavy (non-hydrogen) atoms. The number of allylic oxidation sites excluding steroid dienone is 1. The molecule has 2 aromatic rings. The maximum atomic E-state index is 13.6. The highest BCUT2D eigenvalue weighted by atomic mass is 16.5. The van der Waals surface area contributed by atoms with Crippen molar-refractivity contribution in [3.63, 3.8) is 0 Å². The van der Waals surface area contributed by atoms with Crippen molar-refractivity contribution >= 4 is 23.9 Å². The molecule has 0 saturated carbocycles. The summed E-state index contributed by atoms with van der Waals surface area (Å²) in [4.78, 5) is 53.2. The van der Waals surface area contributed by atoms with Crippen molar-refractivity contribution < 1.29 is 38.1 Å². The van der Waals surface area contributed by atoms with Crippen molar-refractivity contribution in [3.05, 3.63) is 94.3 Å². The Balaban J connectivity index is 2.24. The van der Waals surface area contributed by atoms with E-state index in [2.05, 4.69) is 0 Å². The summed E-state index contributed by atoms with van der Waals surface area (Å²) in [6.45, 7) is 1.61. The van der Waals surface area contributed by atoms with Crippen LogP contribution in [0.5, 0.6) is 0 Å². The number of ether oxygens (including phenoxy) is 4. The van der Waals surface area contributed by atoms with E-state index in [1.54, 1.807) is 60.5 Å². The highest BCUT2D eigenvalue weighted by Gasteiger charge is 2.65. The van der Waals surface area contributed by atoms with Gasteiger partial charge in [0.15, 0.2) is 11.7 Å². The molecule has 0 spiro atoms. The van der Waals surface area contributed by atoms with E-state index in [0.29, 0.717) is 11.1 Å². The summed E-state index contributed by atoms with van der Waals surface area (Å²) >= 11 is 0. The summed E-state index contributed by atoms with van der Waals surface area (Å²) in [6.07, 6.45) is 0. The van der Waals surface area contributed by atoms with E-state index >= 15 is 0 Å². The molecule has 0 radical (unpaired) electrons. The van der Waals surface area contributed by atoms with Gasteiger partial charge in [0, 0.05) is 5.70 Å². The third-order valence-corrected chi connectivity index (χ3v) is 6.57. The zero-order valence-electron chi connectivity index (χ0n) is 21.0. The highest BCUT2D eigenvalue weighted by Crippen LogP contribution is 2.56. The van der Waals surface area contributed by atoms with E-state index in [-0.39, 0.29) is 22.5 Å². The quantitative estimate of drug-likeness (QED) is 0.426. The molecule has 0 fully saturated rings. The molecule has 4 rings (SSSR count). The normalized spacial score (nSPS) is 17.9. The van der Waals surface area contributed by atoms with Gasteiger partial charge in [-0.15, -0.1) is 0 Å². The average molecular weight is 507 g/mol. The van der Waals surface area contributed by atoms with Crippen LogP contribution in [0.2, 0.25) is 0 Å². The number of methoxy groups -OCH3 is 4. The predicted octanol–water partition coefficient (Wildman–Crippen LogP) is 2.07. The number of benzene rings is 2. The van der Waals surface area contributed by atoms with E-state index < -0.39 is 35.5 Å². The minimum Gasteiger partial charge on any atom is -0.467 e. The summed E-state index contributed by atoms with van der Waals surface area (Å²) in [6, 6.07) is 16.4. The van der Waals surface area contributed by atoms with Gasteiger partial charge in [0.25, 0.3) is 0 Å². The van der Waals surface area contributed by atoms with Crippen molar-refractivity contribution in [3.8, 4) is 0 Å². The van der Waals surface area contributed by atoms with E-state index in [9.17, 15) is 19.2 Å². The average Bonchev–Trinajstić information content (AvgIpc) is 3.43. The molecule has 10 nitrogen and oxygen atoms in total. The summed E-state index contributed by atoms with van der Waals surface area (Å²) < 4.78 is 20.3.